The van der Waals surface area contributed by atoms with Crippen LogP contribution in [0.1, 0.15) is 44.0 Å². The Labute approximate surface area is 160 Å². The number of nitrogens with one attached hydrogen (secondary N) is 1. The number of carbonyl (C=O) groups is 2. The van der Waals surface area contributed by atoms with Crippen LogP contribution in [-0.2, 0) is 14.4 Å². The van der Waals surface area contributed by atoms with Gasteiger partial charge in [-0.25, -0.2) is 9.59 Å². The second kappa shape index (κ2) is 8.90. The van der Waals surface area contributed by atoms with Crippen molar-refractivity contribution in [3.63, 3.8) is 0 Å². The van der Waals surface area contributed by atoms with Gasteiger partial charge in [0.1, 0.15) is 6.61 Å². The summed E-state index contributed by atoms with van der Waals surface area (Å²) in [6.45, 7) is 10.5. The summed E-state index contributed by atoms with van der Waals surface area (Å²) in [5, 5.41) is 5.12. The SMILES string of the molecule is C=CCOC(=O)c1ccc(NC2CCN(OC(=O)C(C)(C)C)CC2)c(N)c1. The van der Waals surface area contributed by atoms with Crippen molar-refractivity contribution in [2.45, 2.75) is 39.7 Å². The highest BCUT2D eigenvalue weighted by Crippen LogP contribution is 2.25. The number of nitrogens with two attached hydrogens (primary N) is 1. The highest BCUT2D eigenvalue weighted by atomic mass is 16.7. The number of piperidine rings is 1. The lowest BCUT2D eigenvalue weighted by molar-refractivity contribution is -0.204. The molecule has 3 N–H and O–H groups in total. The molecule has 1 aliphatic heterocycles. The Hall–Kier alpha value is -2.54. The van der Waals surface area contributed by atoms with Gasteiger partial charge < -0.3 is 20.6 Å². The molecule has 0 aromatic heterocycles. The van der Waals surface area contributed by atoms with Crippen LogP contribution in [0.3, 0.4) is 0 Å². The van der Waals surface area contributed by atoms with E-state index in [1.54, 1.807) is 23.3 Å². The Morgan fingerprint density at radius 3 is 2.56 bits per heavy atom. The first-order valence-electron chi connectivity index (χ1n) is 9.12. The average molecular weight is 375 g/mol. The molecular formula is C20H29N3O4. The van der Waals surface area contributed by atoms with Gasteiger partial charge in [-0.3, -0.25) is 0 Å². The fourth-order valence-corrected chi connectivity index (χ4v) is 2.60. The van der Waals surface area contributed by atoms with Crippen LogP contribution < -0.4 is 11.1 Å². The van der Waals surface area contributed by atoms with Gasteiger partial charge in [0, 0.05) is 19.1 Å². The van der Waals surface area contributed by atoms with Gasteiger partial charge in [-0.05, 0) is 51.8 Å². The predicted octanol–water partition coefficient (Wildman–Crippen LogP) is 2.99. The van der Waals surface area contributed by atoms with Gasteiger partial charge in [-0.2, -0.15) is 0 Å². The Balaban J connectivity index is 1.87. The molecule has 2 rings (SSSR count). The Bertz CT molecular complexity index is 689. The maximum absolute atomic E-state index is 12.0. The second-order valence-corrected chi connectivity index (χ2v) is 7.67. The monoisotopic (exact) mass is 375 g/mol. The van der Waals surface area contributed by atoms with E-state index in [2.05, 4.69) is 11.9 Å². The maximum Gasteiger partial charge on any atom is 0.338 e. The molecule has 0 atom stereocenters. The molecule has 0 spiro atoms. The molecule has 0 radical (unpaired) electrons. The molecule has 0 saturated carbocycles. The van der Waals surface area contributed by atoms with E-state index in [4.69, 9.17) is 15.3 Å². The number of benzene rings is 1. The summed E-state index contributed by atoms with van der Waals surface area (Å²) in [7, 11) is 0. The van der Waals surface area contributed by atoms with Crippen LogP contribution in [-0.4, -0.2) is 42.7 Å². The summed E-state index contributed by atoms with van der Waals surface area (Å²) in [6.07, 6.45) is 3.16. The van der Waals surface area contributed by atoms with Crippen molar-refractivity contribution in [3.8, 4) is 0 Å². The third-order valence-corrected chi connectivity index (χ3v) is 4.26. The third-order valence-electron chi connectivity index (χ3n) is 4.26. The van der Waals surface area contributed by atoms with Crippen molar-refractivity contribution in [3.05, 3.63) is 36.4 Å². The number of esters is 1. The number of anilines is 2. The highest BCUT2D eigenvalue weighted by Gasteiger charge is 2.28. The zero-order valence-electron chi connectivity index (χ0n) is 16.3. The molecule has 0 unspecified atom stereocenters. The van der Waals surface area contributed by atoms with E-state index in [9.17, 15) is 9.59 Å². The van der Waals surface area contributed by atoms with Gasteiger partial charge in [-0.15, -0.1) is 5.06 Å². The second-order valence-electron chi connectivity index (χ2n) is 7.67. The fourth-order valence-electron chi connectivity index (χ4n) is 2.60. The van der Waals surface area contributed by atoms with Gasteiger partial charge >= 0.3 is 11.9 Å². The molecule has 7 heteroatoms. The summed E-state index contributed by atoms with van der Waals surface area (Å²) in [5.74, 6) is -0.654. The van der Waals surface area contributed by atoms with E-state index >= 15 is 0 Å². The molecular weight excluding hydrogens is 346 g/mol. The molecule has 0 aliphatic carbocycles. The molecule has 0 bridgehead atoms. The molecule has 0 amide bonds. The lowest BCUT2D eigenvalue weighted by Crippen LogP contribution is -2.42. The van der Waals surface area contributed by atoms with Crippen LogP contribution in [0.15, 0.2) is 30.9 Å². The average Bonchev–Trinajstić information content (AvgIpc) is 2.62. The molecule has 1 aliphatic rings. The van der Waals surface area contributed by atoms with Crippen LogP contribution >= 0.6 is 0 Å². The lowest BCUT2D eigenvalue weighted by Gasteiger charge is -2.33. The van der Waals surface area contributed by atoms with Crippen molar-refractivity contribution in [1.29, 1.82) is 0 Å². The summed E-state index contributed by atoms with van der Waals surface area (Å²) in [6, 6.07) is 5.29. The fraction of sp³-hybridized carbons (Fsp3) is 0.500. The number of hydroxylamine groups is 2. The largest absolute Gasteiger partial charge is 0.458 e. The van der Waals surface area contributed by atoms with Crippen LogP contribution in [0.2, 0.25) is 0 Å². The number of nitrogen functional groups attached to an aromatic ring is 1. The van der Waals surface area contributed by atoms with Gasteiger partial charge in [0.25, 0.3) is 0 Å². The van der Waals surface area contributed by atoms with E-state index in [-0.39, 0.29) is 18.6 Å². The summed E-state index contributed by atoms with van der Waals surface area (Å²) in [5.41, 5.74) is 7.23. The van der Waals surface area contributed by atoms with E-state index in [1.165, 1.54) is 6.08 Å². The Kier molecular flexibility index (Phi) is 6.85. The molecule has 1 aromatic carbocycles. The molecule has 27 heavy (non-hydrogen) atoms. The van der Waals surface area contributed by atoms with Gasteiger partial charge in [-0.1, -0.05) is 12.7 Å². The van der Waals surface area contributed by atoms with Gasteiger partial charge in [0.2, 0.25) is 0 Å². The van der Waals surface area contributed by atoms with E-state index in [1.807, 2.05) is 20.8 Å². The molecule has 1 fully saturated rings. The quantitative estimate of drug-likeness (QED) is 0.448. The van der Waals surface area contributed by atoms with Gasteiger partial charge in [0.05, 0.1) is 22.4 Å². The number of ether oxygens (including phenoxy) is 1. The molecule has 1 heterocycles. The minimum Gasteiger partial charge on any atom is -0.458 e. The summed E-state index contributed by atoms with van der Waals surface area (Å²) >= 11 is 0. The molecule has 1 saturated heterocycles. The first kappa shape index (κ1) is 20.8. The zero-order chi connectivity index (χ0) is 20.0. The number of hydrogen-bond donors (Lipinski definition) is 2. The minimum absolute atomic E-state index is 0.164. The van der Waals surface area contributed by atoms with E-state index < -0.39 is 11.4 Å². The molecule has 7 nitrogen and oxygen atoms in total. The van der Waals surface area contributed by atoms with Crippen LogP contribution in [0.25, 0.3) is 0 Å². The summed E-state index contributed by atoms with van der Waals surface area (Å²) < 4.78 is 5.01. The first-order valence-corrected chi connectivity index (χ1v) is 9.12. The smallest absolute Gasteiger partial charge is 0.338 e. The Morgan fingerprint density at radius 2 is 2.00 bits per heavy atom. The first-order chi connectivity index (χ1) is 12.7. The number of rotatable bonds is 6. The Morgan fingerprint density at radius 1 is 1.33 bits per heavy atom. The number of nitrogens with zero attached hydrogens (tertiary/aromatic N) is 1. The number of hydrogen-bond acceptors (Lipinski definition) is 7. The van der Waals surface area contributed by atoms with E-state index in [0.29, 0.717) is 24.3 Å². The van der Waals surface area contributed by atoms with Gasteiger partial charge in [0.15, 0.2) is 0 Å². The lowest BCUT2D eigenvalue weighted by atomic mass is 9.98. The van der Waals surface area contributed by atoms with Crippen LogP contribution in [0.5, 0.6) is 0 Å². The zero-order valence-corrected chi connectivity index (χ0v) is 16.3. The summed E-state index contributed by atoms with van der Waals surface area (Å²) in [4.78, 5) is 29.3. The topological polar surface area (TPSA) is 93.9 Å². The van der Waals surface area contributed by atoms with Crippen LogP contribution in [0, 0.1) is 5.41 Å². The normalized spacial score (nSPS) is 15.8. The third kappa shape index (κ3) is 5.99. The highest BCUT2D eigenvalue weighted by molar-refractivity contribution is 5.92. The van der Waals surface area contributed by atoms with Crippen molar-refractivity contribution in [2.75, 3.05) is 30.7 Å². The predicted molar refractivity (Wildman–Crippen MR) is 105 cm³/mol. The van der Waals surface area contributed by atoms with E-state index in [0.717, 1.165) is 18.5 Å². The maximum atomic E-state index is 12.0. The van der Waals surface area contributed by atoms with Crippen molar-refractivity contribution in [2.24, 2.45) is 5.41 Å². The molecule has 1 aromatic rings. The number of carbonyl (C=O) groups excluding carboxylic acids is 2. The van der Waals surface area contributed by atoms with Crippen molar-refractivity contribution in [1.82, 2.24) is 5.06 Å². The molecule has 148 valence electrons. The van der Waals surface area contributed by atoms with Crippen molar-refractivity contribution >= 4 is 23.3 Å². The minimum atomic E-state index is -0.516. The van der Waals surface area contributed by atoms with Crippen LogP contribution in [0.4, 0.5) is 11.4 Å². The standard InChI is InChI=1S/C20H29N3O4/c1-5-12-26-18(24)14-6-7-17(16(21)13-14)22-15-8-10-23(11-9-15)27-19(25)20(2,3)4/h5-7,13,15,22H,1,8-12,21H2,2-4H3. The van der Waals surface area contributed by atoms with Crippen molar-refractivity contribution < 1.29 is 19.2 Å².